The summed E-state index contributed by atoms with van der Waals surface area (Å²) in [6, 6.07) is 10.1. The molecule has 2 aromatic heterocycles. The molecule has 5 nitrogen and oxygen atoms in total. The number of hydrogen-bond donors (Lipinski definition) is 2. The van der Waals surface area contributed by atoms with Gasteiger partial charge in [-0.1, -0.05) is 18.2 Å². The summed E-state index contributed by atoms with van der Waals surface area (Å²) in [4.78, 5) is 4.58. The number of para-hydroxylation sites is 1. The van der Waals surface area contributed by atoms with Crippen molar-refractivity contribution in [1.82, 2.24) is 20.2 Å². The third-order valence-corrected chi connectivity index (χ3v) is 3.66. The molecule has 0 radical (unpaired) electrons. The molecule has 0 aliphatic carbocycles. The summed E-state index contributed by atoms with van der Waals surface area (Å²) in [6.45, 7) is 4.90. The van der Waals surface area contributed by atoms with E-state index < -0.39 is 0 Å². The van der Waals surface area contributed by atoms with Crippen molar-refractivity contribution in [1.29, 1.82) is 0 Å². The fraction of sp³-hybridized carbons (Fsp3) is 0.250. The molecule has 1 unspecified atom stereocenters. The van der Waals surface area contributed by atoms with Crippen LogP contribution in [0.3, 0.4) is 0 Å². The van der Waals surface area contributed by atoms with E-state index in [0.717, 1.165) is 34.3 Å². The monoisotopic (exact) mass is 281 g/mol. The number of benzene rings is 1. The normalized spacial score (nSPS) is 12.7. The van der Waals surface area contributed by atoms with E-state index in [4.69, 9.17) is 5.84 Å². The molecule has 1 aromatic carbocycles. The summed E-state index contributed by atoms with van der Waals surface area (Å²) in [5.74, 6) is 5.82. The molecular weight excluding hydrogens is 262 g/mol. The Morgan fingerprint density at radius 2 is 2.14 bits per heavy atom. The second-order valence-electron chi connectivity index (χ2n) is 5.10. The van der Waals surface area contributed by atoms with Crippen molar-refractivity contribution in [2.24, 2.45) is 5.84 Å². The van der Waals surface area contributed by atoms with Crippen molar-refractivity contribution in [2.45, 2.75) is 26.4 Å². The van der Waals surface area contributed by atoms with Crippen LogP contribution in [0.2, 0.25) is 0 Å². The summed E-state index contributed by atoms with van der Waals surface area (Å²) in [5, 5.41) is 5.44. The molecule has 0 spiro atoms. The molecule has 108 valence electrons. The van der Waals surface area contributed by atoms with Crippen LogP contribution in [0.1, 0.15) is 29.8 Å². The third-order valence-electron chi connectivity index (χ3n) is 3.66. The van der Waals surface area contributed by atoms with Gasteiger partial charge in [0.2, 0.25) is 0 Å². The first-order valence-electron chi connectivity index (χ1n) is 7.07. The maximum absolute atomic E-state index is 5.82. The topological polar surface area (TPSA) is 68.8 Å². The highest BCUT2D eigenvalue weighted by atomic mass is 15.3. The van der Waals surface area contributed by atoms with E-state index in [0.29, 0.717) is 0 Å². The lowest BCUT2D eigenvalue weighted by atomic mass is 9.97. The van der Waals surface area contributed by atoms with Crippen molar-refractivity contribution >= 4 is 10.9 Å². The molecule has 0 aliphatic rings. The summed E-state index contributed by atoms with van der Waals surface area (Å²) < 4.78 is 1.90. The highest BCUT2D eigenvalue weighted by Crippen LogP contribution is 2.28. The van der Waals surface area contributed by atoms with Crippen LogP contribution in [0.15, 0.2) is 42.7 Å². The lowest BCUT2D eigenvalue weighted by Gasteiger charge is -2.17. The number of rotatable bonds is 4. The Morgan fingerprint density at radius 1 is 1.33 bits per heavy atom. The molecular formula is C16H19N5. The molecule has 0 fully saturated rings. The van der Waals surface area contributed by atoms with Gasteiger partial charge in [0.15, 0.2) is 0 Å². The maximum atomic E-state index is 5.82. The Bertz CT molecular complexity index is 762. The van der Waals surface area contributed by atoms with Crippen LogP contribution in [0.25, 0.3) is 10.9 Å². The van der Waals surface area contributed by atoms with Crippen LogP contribution in [-0.2, 0) is 6.54 Å². The van der Waals surface area contributed by atoms with Crippen molar-refractivity contribution in [3.05, 3.63) is 59.5 Å². The Labute approximate surface area is 123 Å². The Kier molecular flexibility index (Phi) is 3.68. The van der Waals surface area contributed by atoms with E-state index in [1.165, 1.54) is 0 Å². The predicted octanol–water partition coefficient (Wildman–Crippen LogP) is 2.31. The lowest BCUT2D eigenvalue weighted by molar-refractivity contribution is 0.632. The number of nitrogens with zero attached hydrogens (tertiary/aromatic N) is 3. The smallest absolute Gasteiger partial charge is 0.0747 e. The van der Waals surface area contributed by atoms with E-state index in [2.05, 4.69) is 34.6 Å². The van der Waals surface area contributed by atoms with E-state index in [1.807, 2.05) is 42.2 Å². The standard InChI is InChI=1S/C16H19N5/c1-3-21-10-12(9-18-21)16(20-17)14-8-11(2)19-15-7-5-4-6-13(14)15/h4-10,16,20H,3,17H2,1-2H3. The first-order valence-corrected chi connectivity index (χ1v) is 7.07. The van der Waals surface area contributed by atoms with Crippen LogP contribution in [-0.4, -0.2) is 14.8 Å². The van der Waals surface area contributed by atoms with Gasteiger partial charge in [0.1, 0.15) is 0 Å². The van der Waals surface area contributed by atoms with Crippen LogP contribution in [0.5, 0.6) is 0 Å². The molecule has 21 heavy (non-hydrogen) atoms. The van der Waals surface area contributed by atoms with Gasteiger partial charge in [0, 0.05) is 29.4 Å². The zero-order valence-corrected chi connectivity index (χ0v) is 12.2. The number of nitrogens with two attached hydrogens (primary N) is 1. The second kappa shape index (κ2) is 5.63. The molecule has 3 rings (SSSR count). The minimum atomic E-state index is -0.100. The maximum Gasteiger partial charge on any atom is 0.0747 e. The number of aryl methyl sites for hydroxylation is 2. The SMILES string of the molecule is CCn1cc(C(NN)c2cc(C)nc3ccccc23)cn1. The van der Waals surface area contributed by atoms with Gasteiger partial charge in [-0.05, 0) is 31.5 Å². The highest BCUT2D eigenvalue weighted by Gasteiger charge is 2.18. The fourth-order valence-electron chi connectivity index (χ4n) is 2.65. The van der Waals surface area contributed by atoms with Gasteiger partial charge < -0.3 is 0 Å². The summed E-state index contributed by atoms with van der Waals surface area (Å²) in [5.41, 5.74) is 7.04. The van der Waals surface area contributed by atoms with E-state index in [9.17, 15) is 0 Å². The zero-order valence-electron chi connectivity index (χ0n) is 12.2. The van der Waals surface area contributed by atoms with Crippen LogP contribution >= 0.6 is 0 Å². The van der Waals surface area contributed by atoms with Gasteiger partial charge in [0.05, 0.1) is 17.8 Å². The van der Waals surface area contributed by atoms with E-state index >= 15 is 0 Å². The van der Waals surface area contributed by atoms with Crippen LogP contribution < -0.4 is 11.3 Å². The summed E-state index contributed by atoms with van der Waals surface area (Å²) >= 11 is 0. The third kappa shape index (κ3) is 2.53. The molecule has 0 aliphatic heterocycles. The number of hydrazine groups is 1. The number of aromatic nitrogens is 3. The lowest BCUT2D eigenvalue weighted by Crippen LogP contribution is -2.29. The molecule has 0 amide bonds. The average molecular weight is 281 g/mol. The highest BCUT2D eigenvalue weighted by molar-refractivity contribution is 5.83. The Hall–Kier alpha value is -2.24. The van der Waals surface area contributed by atoms with Gasteiger partial charge >= 0.3 is 0 Å². The zero-order chi connectivity index (χ0) is 14.8. The van der Waals surface area contributed by atoms with Crippen molar-refractivity contribution in [3.8, 4) is 0 Å². The Balaban J connectivity index is 2.16. The average Bonchev–Trinajstić information content (AvgIpc) is 2.96. The Morgan fingerprint density at radius 3 is 2.86 bits per heavy atom. The first-order chi connectivity index (χ1) is 10.2. The molecule has 2 heterocycles. The molecule has 1 atom stereocenters. The number of pyridine rings is 1. The van der Waals surface area contributed by atoms with Gasteiger partial charge in [-0.25, -0.2) is 5.43 Å². The van der Waals surface area contributed by atoms with Gasteiger partial charge in [-0.15, -0.1) is 0 Å². The van der Waals surface area contributed by atoms with Gasteiger partial charge in [-0.3, -0.25) is 15.5 Å². The van der Waals surface area contributed by atoms with Gasteiger partial charge in [-0.2, -0.15) is 5.10 Å². The summed E-state index contributed by atoms with van der Waals surface area (Å²) in [6.07, 6.45) is 3.88. The van der Waals surface area contributed by atoms with E-state index in [1.54, 1.807) is 0 Å². The molecule has 0 saturated carbocycles. The number of nitrogens with one attached hydrogen (secondary N) is 1. The van der Waals surface area contributed by atoms with Crippen LogP contribution in [0.4, 0.5) is 0 Å². The molecule has 3 N–H and O–H groups in total. The van der Waals surface area contributed by atoms with Crippen molar-refractivity contribution in [2.75, 3.05) is 0 Å². The summed E-state index contributed by atoms with van der Waals surface area (Å²) in [7, 11) is 0. The molecule has 3 aromatic rings. The second-order valence-corrected chi connectivity index (χ2v) is 5.10. The number of fused-ring (bicyclic) bond motifs is 1. The number of hydrogen-bond acceptors (Lipinski definition) is 4. The van der Waals surface area contributed by atoms with Gasteiger partial charge in [0.25, 0.3) is 0 Å². The minimum Gasteiger partial charge on any atom is -0.273 e. The predicted molar refractivity (Wildman–Crippen MR) is 83.5 cm³/mol. The molecule has 0 bridgehead atoms. The fourth-order valence-corrected chi connectivity index (χ4v) is 2.65. The largest absolute Gasteiger partial charge is 0.273 e. The van der Waals surface area contributed by atoms with E-state index in [-0.39, 0.29) is 6.04 Å². The quantitative estimate of drug-likeness (QED) is 0.569. The van der Waals surface area contributed by atoms with Crippen molar-refractivity contribution < 1.29 is 0 Å². The molecule has 5 heteroatoms. The first kappa shape index (κ1) is 13.7. The van der Waals surface area contributed by atoms with Crippen LogP contribution in [0, 0.1) is 6.92 Å². The molecule has 0 saturated heterocycles. The van der Waals surface area contributed by atoms with Crippen molar-refractivity contribution in [3.63, 3.8) is 0 Å². The minimum absolute atomic E-state index is 0.100.